The average Bonchev–Trinajstić information content (AvgIpc) is 2.97. The van der Waals surface area contributed by atoms with E-state index in [-0.39, 0.29) is 30.3 Å². The van der Waals surface area contributed by atoms with Crippen molar-refractivity contribution in [2.75, 3.05) is 0 Å². The second-order valence-corrected chi connectivity index (χ2v) is 8.11. The van der Waals surface area contributed by atoms with Crippen molar-refractivity contribution in [2.24, 2.45) is 0 Å². The number of hydrogen-bond acceptors (Lipinski definition) is 2. The van der Waals surface area contributed by atoms with Crippen molar-refractivity contribution in [1.29, 1.82) is 0 Å². The summed E-state index contributed by atoms with van der Waals surface area (Å²) >= 11 is 0. The molecular formula is C23H22F4N2O2. The zero-order valence-corrected chi connectivity index (χ0v) is 16.7. The van der Waals surface area contributed by atoms with Crippen molar-refractivity contribution in [2.45, 2.75) is 56.4 Å². The first-order chi connectivity index (χ1) is 14.7. The van der Waals surface area contributed by atoms with Gasteiger partial charge in [0.2, 0.25) is 11.8 Å². The Morgan fingerprint density at radius 2 is 1.87 bits per heavy atom. The molecule has 4 rings (SSSR count). The molecule has 0 radical (unpaired) electrons. The maximum absolute atomic E-state index is 13.3. The Bertz CT molecular complexity index is 974. The quantitative estimate of drug-likeness (QED) is 0.729. The lowest BCUT2D eigenvalue weighted by atomic mass is 9.99. The summed E-state index contributed by atoms with van der Waals surface area (Å²) in [5.74, 6) is -0.772. The Hall–Kier alpha value is -2.90. The van der Waals surface area contributed by atoms with Gasteiger partial charge < -0.3 is 10.2 Å². The van der Waals surface area contributed by atoms with Gasteiger partial charge in [-0.3, -0.25) is 9.59 Å². The predicted molar refractivity (Wildman–Crippen MR) is 105 cm³/mol. The van der Waals surface area contributed by atoms with Gasteiger partial charge in [0.25, 0.3) is 0 Å². The van der Waals surface area contributed by atoms with Crippen LogP contribution < -0.4 is 5.32 Å². The molecule has 0 spiro atoms. The fraction of sp³-hybridized carbons (Fsp3) is 0.391. The maximum Gasteiger partial charge on any atom is 0.416 e. The number of carbonyl (C=O) groups excluding carboxylic acids is 2. The van der Waals surface area contributed by atoms with Gasteiger partial charge in [-0.2, -0.15) is 13.2 Å². The van der Waals surface area contributed by atoms with Crippen LogP contribution >= 0.6 is 0 Å². The molecule has 2 saturated heterocycles. The van der Waals surface area contributed by atoms with Gasteiger partial charge in [-0.1, -0.05) is 24.3 Å². The first-order valence-electron chi connectivity index (χ1n) is 10.2. The molecule has 2 aromatic rings. The first kappa shape index (κ1) is 21.3. The molecule has 31 heavy (non-hydrogen) atoms. The molecule has 0 aliphatic carbocycles. The standard InChI is InChI=1S/C23H22F4N2O2/c24-17-9-7-14(8-10-17)11-22(31)29-19-5-2-6-21(30)28-18(19)13-20(29)15-3-1-4-16(12-15)23(25,26)27/h1,3-4,7-10,12,18-20H,2,5-6,11,13H2,(H,28,30)/t18-,19+,20+/m1/s1. The number of fused-ring (bicyclic) bond motifs is 1. The zero-order valence-electron chi connectivity index (χ0n) is 16.7. The monoisotopic (exact) mass is 434 g/mol. The molecular weight excluding hydrogens is 412 g/mol. The van der Waals surface area contributed by atoms with Gasteiger partial charge >= 0.3 is 6.18 Å². The maximum atomic E-state index is 13.3. The van der Waals surface area contributed by atoms with E-state index in [0.29, 0.717) is 36.8 Å². The molecule has 4 nitrogen and oxygen atoms in total. The van der Waals surface area contributed by atoms with Crippen molar-refractivity contribution in [3.05, 3.63) is 71.0 Å². The van der Waals surface area contributed by atoms with Gasteiger partial charge in [-0.25, -0.2) is 4.39 Å². The van der Waals surface area contributed by atoms with Crippen LogP contribution in [0.1, 0.15) is 48.4 Å². The van der Waals surface area contributed by atoms with Crippen molar-refractivity contribution in [1.82, 2.24) is 10.2 Å². The largest absolute Gasteiger partial charge is 0.416 e. The van der Waals surface area contributed by atoms with Crippen molar-refractivity contribution < 1.29 is 27.2 Å². The molecule has 8 heteroatoms. The van der Waals surface area contributed by atoms with Crippen LogP contribution in [-0.2, 0) is 22.2 Å². The van der Waals surface area contributed by atoms with Crippen LogP contribution in [0, 0.1) is 5.82 Å². The van der Waals surface area contributed by atoms with Crippen LogP contribution in [0.4, 0.5) is 17.6 Å². The third kappa shape index (κ3) is 4.57. The summed E-state index contributed by atoms with van der Waals surface area (Å²) in [6.45, 7) is 0. The number of alkyl halides is 3. The topological polar surface area (TPSA) is 49.4 Å². The SMILES string of the molecule is O=C1CCC[C@H]2[C@@H](C[C@@H](c3cccc(C(F)(F)F)c3)N2C(=O)Cc2ccc(F)cc2)N1. The molecule has 0 unspecified atom stereocenters. The van der Waals surface area contributed by atoms with Gasteiger partial charge in [0.15, 0.2) is 0 Å². The second kappa shape index (κ2) is 8.32. The molecule has 2 heterocycles. The highest BCUT2D eigenvalue weighted by Gasteiger charge is 2.46. The molecule has 3 atom stereocenters. The molecule has 2 aliphatic heterocycles. The lowest BCUT2D eigenvalue weighted by Gasteiger charge is -2.31. The van der Waals surface area contributed by atoms with E-state index < -0.39 is 23.6 Å². The van der Waals surface area contributed by atoms with Crippen LogP contribution in [0.15, 0.2) is 48.5 Å². The third-order valence-corrected chi connectivity index (χ3v) is 6.04. The summed E-state index contributed by atoms with van der Waals surface area (Å²) in [6, 6.07) is 9.41. The van der Waals surface area contributed by atoms with Gasteiger partial charge in [0.1, 0.15) is 5.82 Å². The summed E-state index contributed by atoms with van der Waals surface area (Å²) in [6.07, 6.45) is -2.58. The Kier molecular flexibility index (Phi) is 5.73. The molecule has 164 valence electrons. The van der Waals surface area contributed by atoms with Gasteiger partial charge in [-0.05, 0) is 54.7 Å². The number of rotatable bonds is 3. The summed E-state index contributed by atoms with van der Waals surface area (Å²) in [4.78, 5) is 27.0. The Labute approximate surface area is 177 Å². The molecule has 0 bridgehead atoms. The smallest absolute Gasteiger partial charge is 0.351 e. The van der Waals surface area contributed by atoms with Crippen molar-refractivity contribution in [3.63, 3.8) is 0 Å². The first-order valence-corrected chi connectivity index (χ1v) is 10.2. The minimum Gasteiger partial charge on any atom is -0.351 e. The average molecular weight is 434 g/mol. The second-order valence-electron chi connectivity index (χ2n) is 8.11. The number of halogens is 4. The molecule has 0 aromatic heterocycles. The van der Waals surface area contributed by atoms with Crippen LogP contribution in [-0.4, -0.2) is 28.8 Å². The van der Waals surface area contributed by atoms with Gasteiger partial charge in [0.05, 0.1) is 30.1 Å². The highest BCUT2D eigenvalue weighted by atomic mass is 19.4. The van der Waals surface area contributed by atoms with Gasteiger partial charge in [0, 0.05) is 6.42 Å². The predicted octanol–water partition coefficient (Wildman–Crippen LogP) is 4.40. The van der Waals surface area contributed by atoms with Crippen LogP contribution in [0.3, 0.4) is 0 Å². The fourth-order valence-electron chi connectivity index (χ4n) is 4.63. The Balaban J connectivity index is 1.67. The summed E-state index contributed by atoms with van der Waals surface area (Å²) in [5.41, 5.74) is 0.243. The summed E-state index contributed by atoms with van der Waals surface area (Å²) < 4.78 is 53.0. The van der Waals surface area contributed by atoms with Crippen molar-refractivity contribution in [3.8, 4) is 0 Å². The highest BCUT2D eigenvalue weighted by Crippen LogP contribution is 2.41. The minimum absolute atomic E-state index is 0.00685. The molecule has 2 fully saturated rings. The minimum atomic E-state index is -4.49. The normalized spacial score (nSPS) is 23.8. The number of amides is 2. The molecule has 2 aromatic carbocycles. The highest BCUT2D eigenvalue weighted by molar-refractivity contribution is 5.81. The van der Waals surface area contributed by atoms with E-state index in [1.165, 1.54) is 30.3 Å². The number of nitrogens with one attached hydrogen (secondary N) is 1. The van der Waals surface area contributed by atoms with E-state index in [9.17, 15) is 27.2 Å². The lowest BCUT2D eigenvalue weighted by molar-refractivity contribution is -0.137. The van der Waals surface area contributed by atoms with E-state index in [0.717, 1.165) is 12.1 Å². The number of benzene rings is 2. The Morgan fingerprint density at radius 3 is 2.58 bits per heavy atom. The number of nitrogens with zero attached hydrogens (tertiary/aromatic N) is 1. The van der Waals surface area contributed by atoms with Crippen LogP contribution in [0.2, 0.25) is 0 Å². The number of hydrogen-bond donors (Lipinski definition) is 1. The lowest BCUT2D eigenvalue weighted by Crippen LogP contribution is -2.45. The molecule has 2 amide bonds. The fourth-order valence-corrected chi connectivity index (χ4v) is 4.63. The number of carbonyl (C=O) groups is 2. The van der Waals surface area contributed by atoms with E-state index >= 15 is 0 Å². The number of likely N-dealkylation sites (tertiary alicyclic amines) is 1. The zero-order chi connectivity index (χ0) is 22.2. The molecule has 1 N–H and O–H groups in total. The summed E-state index contributed by atoms with van der Waals surface area (Å²) in [5, 5.41) is 2.94. The molecule has 2 aliphatic rings. The van der Waals surface area contributed by atoms with E-state index in [1.54, 1.807) is 11.0 Å². The Morgan fingerprint density at radius 1 is 1.13 bits per heavy atom. The van der Waals surface area contributed by atoms with E-state index in [2.05, 4.69) is 5.32 Å². The van der Waals surface area contributed by atoms with Crippen LogP contribution in [0.25, 0.3) is 0 Å². The van der Waals surface area contributed by atoms with Gasteiger partial charge in [-0.15, -0.1) is 0 Å². The third-order valence-electron chi connectivity index (χ3n) is 6.04. The van der Waals surface area contributed by atoms with Crippen molar-refractivity contribution >= 4 is 11.8 Å². The molecule has 0 saturated carbocycles. The summed E-state index contributed by atoms with van der Waals surface area (Å²) in [7, 11) is 0. The van der Waals surface area contributed by atoms with E-state index in [4.69, 9.17) is 0 Å². The van der Waals surface area contributed by atoms with E-state index in [1.807, 2.05) is 0 Å². The van der Waals surface area contributed by atoms with Crippen LogP contribution in [0.5, 0.6) is 0 Å².